The number of pyridine rings is 1. The van der Waals surface area contributed by atoms with Gasteiger partial charge in [-0.2, -0.15) is 0 Å². The van der Waals surface area contributed by atoms with E-state index in [1.54, 1.807) is 6.20 Å². The topological polar surface area (TPSA) is 29.3 Å². The molecule has 9 aromatic rings. The predicted molar refractivity (Wildman–Crippen MR) is 200 cm³/mol. The molecule has 2 aromatic heterocycles. The van der Waals surface area contributed by atoms with E-state index >= 15 is 0 Å². The van der Waals surface area contributed by atoms with Crippen molar-refractivity contribution >= 4 is 49.8 Å². The molecule has 7 aromatic carbocycles. The van der Waals surface area contributed by atoms with E-state index in [9.17, 15) is 0 Å². The van der Waals surface area contributed by atoms with Crippen molar-refractivity contribution in [1.82, 2.24) is 4.98 Å². The summed E-state index contributed by atoms with van der Waals surface area (Å²) < 4.78 is 6.43. The monoisotopic (exact) mass is 614 g/mol. The SMILES string of the molecule is c1ccc(-c2ccc(-c3ccc(N(c4cccc(-c5ccccc5)c4)c4cccc5c4ccc4c6cnccc6oc54)cc3)cc2)cc1. The summed E-state index contributed by atoms with van der Waals surface area (Å²) in [6, 6.07) is 60.3. The lowest BCUT2D eigenvalue weighted by molar-refractivity contribution is 0.672. The summed E-state index contributed by atoms with van der Waals surface area (Å²) in [7, 11) is 0. The predicted octanol–water partition coefficient (Wildman–Crippen LogP) is 12.6. The summed E-state index contributed by atoms with van der Waals surface area (Å²) in [5.74, 6) is 0. The maximum Gasteiger partial charge on any atom is 0.143 e. The van der Waals surface area contributed by atoms with Crippen LogP contribution in [-0.4, -0.2) is 4.98 Å². The molecule has 2 heterocycles. The second-order valence-corrected chi connectivity index (χ2v) is 12.0. The first-order chi connectivity index (χ1) is 23.8. The first-order valence-corrected chi connectivity index (χ1v) is 16.2. The molecule has 0 N–H and O–H groups in total. The van der Waals surface area contributed by atoms with Crippen LogP contribution in [0.3, 0.4) is 0 Å². The summed E-state index contributed by atoms with van der Waals surface area (Å²) >= 11 is 0. The average molecular weight is 615 g/mol. The number of hydrogen-bond acceptors (Lipinski definition) is 3. The molecule has 0 aliphatic heterocycles. The molecular weight excluding hydrogens is 585 g/mol. The molecule has 3 nitrogen and oxygen atoms in total. The van der Waals surface area contributed by atoms with Crippen LogP contribution >= 0.6 is 0 Å². The maximum atomic E-state index is 6.43. The summed E-state index contributed by atoms with van der Waals surface area (Å²) in [6.07, 6.45) is 3.66. The largest absolute Gasteiger partial charge is 0.455 e. The Kier molecular flexibility index (Phi) is 6.80. The van der Waals surface area contributed by atoms with Gasteiger partial charge in [0, 0.05) is 45.3 Å². The minimum atomic E-state index is 0.845. The van der Waals surface area contributed by atoms with Crippen molar-refractivity contribution in [3.05, 3.63) is 182 Å². The van der Waals surface area contributed by atoms with Gasteiger partial charge in [-0.1, -0.05) is 127 Å². The summed E-state index contributed by atoms with van der Waals surface area (Å²) in [5.41, 5.74) is 12.1. The Morgan fingerprint density at radius 1 is 0.396 bits per heavy atom. The maximum absolute atomic E-state index is 6.43. The Labute approximate surface area is 279 Å². The van der Waals surface area contributed by atoms with Crippen LogP contribution in [-0.2, 0) is 0 Å². The van der Waals surface area contributed by atoms with Gasteiger partial charge in [0.25, 0.3) is 0 Å². The number of rotatable bonds is 6. The van der Waals surface area contributed by atoms with Gasteiger partial charge in [-0.15, -0.1) is 0 Å². The number of furan rings is 1. The fraction of sp³-hybridized carbons (Fsp3) is 0. The van der Waals surface area contributed by atoms with Crippen LogP contribution < -0.4 is 4.90 Å². The van der Waals surface area contributed by atoms with Gasteiger partial charge < -0.3 is 9.32 Å². The highest BCUT2D eigenvalue weighted by Crippen LogP contribution is 2.43. The van der Waals surface area contributed by atoms with Crippen molar-refractivity contribution < 1.29 is 4.42 Å². The molecule has 0 fully saturated rings. The molecule has 3 heteroatoms. The van der Waals surface area contributed by atoms with Crippen molar-refractivity contribution in [2.75, 3.05) is 4.90 Å². The minimum Gasteiger partial charge on any atom is -0.455 e. The van der Waals surface area contributed by atoms with Crippen LogP contribution in [0.5, 0.6) is 0 Å². The molecule has 0 aliphatic carbocycles. The number of aromatic nitrogens is 1. The van der Waals surface area contributed by atoms with Crippen molar-refractivity contribution in [1.29, 1.82) is 0 Å². The van der Waals surface area contributed by atoms with Crippen molar-refractivity contribution in [3.8, 4) is 33.4 Å². The van der Waals surface area contributed by atoms with Crippen LogP contribution in [0.2, 0.25) is 0 Å². The standard InChI is InChI=1S/C45H30N2O/c1-3-9-31(10-4-1)33-17-19-34(20-18-33)35-21-23-37(24-22-35)47(38-14-7-13-36(29-38)32-11-5-2-6-12-32)43-16-8-15-40-39(43)25-26-41-42-30-46-28-27-44(42)48-45(40)41/h1-30H. The highest BCUT2D eigenvalue weighted by atomic mass is 16.3. The van der Waals surface area contributed by atoms with E-state index in [-0.39, 0.29) is 0 Å². The normalized spacial score (nSPS) is 11.3. The fourth-order valence-corrected chi connectivity index (χ4v) is 6.78. The fourth-order valence-electron chi connectivity index (χ4n) is 6.78. The first kappa shape index (κ1) is 27.8. The highest BCUT2D eigenvalue weighted by molar-refractivity contribution is 6.17. The third-order valence-corrected chi connectivity index (χ3v) is 9.18. The second-order valence-electron chi connectivity index (χ2n) is 12.0. The molecule has 0 aliphatic rings. The average Bonchev–Trinajstić information content (AvgIpc) is 3.56. The molecule has 0 unspecified atom stereocenters. The van der Waals surface area contributed by atoms with Crippen LogP contribution in [0.1, 0.15) is 0 Å². The molecule has 0 radical (unpaired) electrons. The third kappa shape index (κ3) is 4.90. The van der Waals surface area contributed by atoms with Gasteiger partial charge in [0.2, 0.25) is 0 Å². The van der Waals surface area contributed by atoms with Crippen LogP contribution in [0, 0.1) is 0 Å². The van der Waals surface area contributed by atoms with Gasteiger partial charge in [0.05, 0.1) is 5.69 Å². The molecule has 0 amide bonds. The van der Waals surface area contributed by atoms with E-state index in [1.807, 2.05) is 12.3 Å². The van der Waals surface area contributed by atoms with E-state index in [0.717, 1.165) is 49.8 Å². The molecular formula is C45H30N2O. The van der Waals surface area contributed by atoms with Gasteiger partial charge in [-0.25, -0.2) is 0 Å². The third-order valence-electron chi connectivity index (χ3n) is 9.18. The van der Waals surface area contributed by atoms with E-state index < -0.39 is 0 Å². The van der Waals surface area contributed by atoms with Gasteiger partial charge >= 0.3 is 0 Å². The zero-order chi connectivity index (χ0) is 31.9. The molecule has 9 rings (SSSR count). The molecule has 226 valence electrons. The highest BCUT2D eigenvalue weighted by Gasteiger charge is 2.19. The number of benzene rings is 7. The summed E-state index contributed by atoms with van der Waals surface area (Å²) in [5, 5.41) is 4.28. The molecule has 0 atom stereocenters. The quantitative estimate of drug-likeness (QED) is 0.187. The summed E-state index contributed by atoms with van der Waals surface area (Å²) in [6.45, 7) is 0. The van der Waals surface area contributed by atoms with Crippen LogP contribution in [0.25, 0.3) is 66.1 Å². The van der Waals surface area contributed by atoms with E-state index in [2.05, 4.69) is 174 Å². The molecule has 0 bridgehead atoms. The lowest BCUT2D eigenvalue weighted by Gasteiger charge is -2.27. The molecule has 48 heavy (non-hydrogen) atoms. The second kappa shape index (κ2) is 11.7. The van der Waals surface area contributed by atoms with Gasteiger partial charge in [0.15, 0.2) is 0 Å². The Hall–Kier alpha value is -6.45. The van der Waals surface area contributed by atoms with Crippen LogP contribution in [0.15, 0.2) is 187 Å². The number of anilines is 3. The number of hydrogen-bond donors (Lipinski definition) is 0. The Bertz CT molecular complexity index is 2540. The van der Waals surface area contributed by atoms with Gasteiger partial charge in [-0.05, 0) is 75.8 Å². The van der Waals surface area contributed by atoms with Crippen molar-refractivity contribution in [2.24, 2.45) is 0 Å². The smallest absolute Gasteiger partial charge is 0.143 e. The van der Waals surface area contributed by atoms with E-state index in [4.69, 9.17) is 4.42 Å². The Balaban J connectivity index is 1.18. The Morgan fingerprint density at radius 3 is 1.67 bits per heavy atom. The van der Waals surface area contributed by atoms with Crippen molar-refractivity contribution in [3.63, 3.8) is 0 Å². The minimum absolute atomic E-state index is 0.845. The van der Waals surface area contributed by atoms with Crippen LogP contribution in [0.4, 0.5) is 17.1 Å². The van der Waals surface area contributed by atoms with Gasteiger partial charge in [0.1, 0.15) is 11.2 Å². The van der Waals surface area contributed by atoms with E-state index in [0.29, 0.717) is 0 Å². The molecule has 0 saturated carbocycles. The molecule has 0 saturated heterocycles. The van der Waals surface area contributed by atoms with Crippen molar-refractivity contribution in [2.45, 2.75) is 0 Å². The lowest BCUT2D eigenvalue weighted by Crippen LogP contribution is -2.10. The van der Waals surface area contributed by atoms with Gasteiger partial charge in [-0.3, -0.25) is 4.98 Å². The molecule has 0 spiro atoms. The first-order valence-electron chi connectivity index (χ1n) is 16.2. The number of nitrogens with zero attached hydrogens (tertiary/aromatic N) is 2. The number of fused-ring (bicyclic) bond motifs is 5. The zero-order valence-corrected chi connectivity index (χ0v) is 26.1. The lowest BCUT2D eigenvalue weighted by atomic mass is 9.99. The zero-order valence-electron chi connectivity index (χ0n) is 26.1. The summed E-state index contributed by atoms with van der Waals surface area (Å²) in [4.78, 5) is 6.71. The Morgan fingerprint density at radius 2 is 0.958 bits per heavy atom. The van der Waals surface area contributed by atoms with E-state index in [1.165, 1.54) is 33.4 Å².